The van der Waals surface area contributed by atoms with E-state index in [0.29, 0.717) is 0 Å². The molecule has 19 heavy (non-hydrogen) atoms. The summed E-state index contributed by atoms with van der Waals surface area (Å²) in [4.78, 5) is 0. The van der Waals surface area contributed by atoms with Gasteiger partial charge in [0.2, 0.25) is 0 Å². The quantitative estimate of drug-likeness (QED) is 0.918. The third-order valence-corrected chi connectivity index (χ3v) is 3.92. The van der Waals surface area contributed by atoms with Crippen LogP contribution in [0.3, 0.4) is 0 Å². The highest BCUT2D eigenvalue weighted by Crippen LogP contribution is 2.31. The van der Waals surface area contributed by atoms with Crippen molar-refractivity contribution in [3.05, 3.63) is 63.6 Å². The van der Waals surface area contributed by atoms with Crippen LogP contribution in [-0.2, 0) is 6.42 Å². The van der Waals surface area contributed by atoms with Crippen molar-refractivity contribution in [3.63, 3.8) is 0 Å². The molecule has 3 heteroatoms. The molecule has 0 spiro atoms. The zero-order chi connectivity index (χ0) is 13.8. The Morgan fingerprint density at radius 3 is 2.42 bits per heavy atom. The van der Waals surface area contributed by atoms with E-state index in [0.717, 1.165) is 27.8 Å². The van der Waals surface area contributed by atoms with Gasteiger partial charge in [-0.15, -0.1) is 0 Å². The highest BCUT2D eigenvalue weighted by Gasteiger charge is 2.14. The molecule has 2 rings (SSSR count). The first-order valence-electron chi connectivity index (χ1n) is 6.26. The average Bonchev–Trinajstić information content (AvgIpc) is 2.47. The molecule has 0 aromatic heterocycles. The lowest BCUT2D eigenvalue weighted by Crippen LogP contribution is -2.01. The summed E-state index contributed by atoms with van der Waals surface area (Å²) in [5.74, 6) is 0.738. The van der Waals surface area contributed by atoms with Crippen LogP contribution < -0.4 is 4.74 Å². The number of aliphatic hydroxyl groups excluding tert-OH is 1. The van der Waals surface area contributed by atoms with Gasteiger partial charge in [0, 0.05) is 10.0 Å². The molecule has 0 aliphatic carbocycles. The maximum Gasteiger partial charge on any atom is 0.119 e. The van der Waals surface area contributed by atoms with Crippen LogP contribution in [0.5, 0.6) is 5.75 Å². The molecule has 0 fully saturated rings. The summed E-state index contributed by atoms with van der Waals surface area (Å²) >= 11 is 3.47. The molecule has 0 bridgehead atoms. The van der Waals surface area contributed by atoms with E-state index >= 15 is 0 Å². The summed E-state index contributed by atoms with van der Waals surface area (Å²) in [6, 6.07) is 13.6. The Morgan fingerprint density at radius 1 is 1.16 bits per heavy atom. The van der Waals surface area contributed by atoms with Crippen molar-refractivity contribution in [1.29, 1.82) is 0 Å². The molecule has 0 heterocycles. The van der Waals surface area contributed by atoms with Crippen molar-refractivity contribution in [3.8, 4) is 5.75 Å². The number of ether oxygens (including phenoxy) is 1. The van der Waals surface area contributed by atoms with E-state index in [-0.39, 0.29) is 0 Å². The van der Waals surface area contributed by atoms with Crippen molar-refractivity contribution in [2.45, 2.75) is 19.4 Å². The van der Waals surface area contributed by atoms with E-state index in [4.69, 9.17) is 4.74 Å². The van der Waals surface area contributed by atoms with E-state index in [9.17, 15) is 5.11 Å². The van der Waals surface area contributed by atoms with Crippen LogP contribution in [0.25, 0.3) is 0 Å². The summed E-state index contributed by atoms with van der Waals surface area (Å²) < 4.78 is 6.08. The lowest BCUT2D eigenvalue weighted by molar-refractivity contribution is 0.219. The van der Waals surface area contributed by atoms with Crippen molar-refractivity contribution in [1.82, 2.24) is 0 Å². The number of benzene rings is 2. The Bertz CT molecular complexity index is 549. The normalized spacial score (nSPS) is 12.2. The molecule has 1 N–H and O–H groups in total. The Balaban J connectivity index is 2.34. The number of rotatable bonds is 4. The second-order valence-electron chi connectivity index (χ2n) is 4.39. The number of hydrogen-bond donors (Lipinski definition) is 1. The number of methoxy groups -OCH3 is 1. The summed E-state index contributed by atoms with van der Waals surface area (Å²) in [7, 11) is 1.62. The molecule has 0 saturated heterocycles. The third kappa shape index (κ3) is 3.17. The van der Waals surface area contributed by atoms with E-state index in [1.165, 1.54) is 5.56 Å². The fourth-order valence-corrected chi connectivity index (χ4v) is 2.44. The molecule has 0 radical (unpaired) electrons. The monoisotopic (exact) mass is 320 g/mol. The topological polar surface area (TPSA) is 29.5 Å². The van der Waals surface area contributed by atoms with E-state index in [1.54, 1.807) is 7.11 Å². The average molecular weight is 321 g/mol. The zero-order valence-corrected chi connectivity index (χ0v) is 12.6. The van der Waals surface area contributed by atoms with E-state index in [2.05, 4.69) is 22.9 Å². The molecule has 1 atom stereocenters. The smallest absolute Gasteiger partial charge is 0.119 e. The van der Waals surface area contributed by atoms with Crippen LogP contribution in [0.1, 0.15) is 29.7 Å². The van der Waals surface area contributed by atoms with Crippen LogP contribution in [0, 0.1) is 0 Å². The van der Waals surface area contributed by atoms with Gasteiger partial charge in [0.15, 0.2) is 0 Å². The van der Waals surface area contributed by atoms with Crippen molar-refractivity contribution < 1.29 is 9.84 Å². The molecule has 2 nitrogen and oxygen atoms in total. The lowest BCUT2D eigenvalue weighted by Gasteiger charge is -2.15. The van der Waals surface area contributed by atoms with E-state index < -0.39 is 6.10 Å². The first-order chi connectivity index (χ1) is 9.15. The first-order valence-corrected chi connectivity index (χ1v) is 7.05. The minimum absolute atomic E-state index is 0.657. The Morgan fingerprint density at radius 2 is 1.84 bits per heavy atom. The van der Waals surface area contributed by atoms with Gasteiger partial charge in [-0.3, -0.25) is 0 Å². The van der Waals surface area contributed by atoms with Gasteiger partial charge in [-0.2, -0.15) is 0 Å². The minimum atomic E-state index is -0.657. The fraction of sp³-hybridized carbons (Fsp3) is 0.250. The predicted octanol–water partition coefficient (Wildman–Crippen LogP) is 4.10. The van der Waals surface area contributed by atoms with Gasteiger partial charge >= 0.3 is 0 Å². The Labute approximate surface area is 122 Å². The summed E-state index contributed by atoms with van der Waals surface area (Å²) in [6.07, 6.45) is 0.342. The van der Waals surface area contributed by atoms with Gasteiger partial charge in [-0.25, -0.2) is 0 Å². The number of aryl methyl sites for hydroxylation is 1. The van der Waals surface area contributed by atoms with Gasteiger partial charge in [0.25, 0.3) is 0 Å². The maximum atomic E-state index is 10.5. The largest absolute Gasteiger partial charge is 0.497 e. The lowest BCUT2D eigenvalue weighted by atomic mass is 10.00. The molecule has 1 unspecified atom stereocenters. The van der Waals surface area contributed by atoms with Crippen LogP contribution in [0.15, 0.2) is 46.9 Å². The Kier molecular flexibility index (Phi) is 4.61. The molecule has 0 aliphatic rings. The van der Waals surface area contributed by atoms with Gasteiger partial charge in [0.05, 0.1) is 7.11 Å². The van der Waals surface area contributed by atoms with Crippen LogP contribution >= 0.6 is 15.9 Å². The maximum absolute atomic E-state index is 10.5. The molecular weight excluding hydrogens is 304 g/mol. The molecule has 0 amide bonds. The van der Waals surface area contributed by atoms with Crippen molar-refractivity contribution >= 4 is 15.9 Å². The number of hydrogen-bond acceptors (Lipinski definition) is 2. The first kappa shape index (κ1) is 14.1. The van der Waals surface area contributed by atoms with E-state index in [1.807, 2.05) is 42.5 Å². The molecule has 2 aromatic rings. The summed E-state index contributed by atoms with van der Waals surface area (Å²) in [5.41, 5.74) is 2.95. The SMILES string of the molecule is CCc1ccc(C(O)c2cc(OC)ccc2Br)cc1. The fourth-order valence-electron chi connectivity index (χ4n) is 1.97. The molecule has 2 aromatic carbocycles. The highest BCUT2D eigenvalue weighted by atomic mass is 79.9. The van der Waals surface area contributed by atoms with Gasteiger partial charge in [-0.05, 0) is 35.7 Å². The minimum Gasteiger partial charge on any atom is -0.497 e. The number of aliphatic hydroxyl groups is 1. The van der Waals surface area contributed by atoms with Crippen molar-refractivity contribution in [2.75, 3.05) is 7.11 Å². The standard InChI is InChI=1S/C16H17BrO2/c1-3-11-4-6-12(7-5-11)16(18)14-10-13(19-2)8-9-15(14)17/h4-10,16,18H,3H2,1-2H3. The molecule has 0 saturated carbocycles. The summed E-state index contributed by atoms with van der Waals surface area (Å²) in [5, 5.41) is 10.5. The predicted molar refractivity (Wildman–Crippen MR) is 80.6 cm³/mol. The van der Waals surface area contributed by atoms with Crippen LogP contribution in [0.2, 0.25) is 0 Å². The highest BCUT2D eigenvalue weighted by molar-refractivity contribution is 9.10. The third-order valence-electron chi connectivity index (χ3n) is 3.20. The molecule has 0 aliphatic heterocycles. The second kappa shape index (κ2) is 6.22. The molecular formula is C16H17BrO2. The van der Waals surface area contributed by atoms with Crippen molar-refractivity contribution in [2.24, 2.45) is 0 Å². The van der Waals surface area contributed by atoms with Gasteiger partial charge in [-0.1, -0.05) is 47.1 Å². The zero-order valence-electron chi connectivity index (χ0n) is 11.1. The van der Waals surface area contributed by atoms with Gasteiger partial charge in [0.1, 0.15) is 11.9 Å². The van der Waals surface area contributed by atoms with Crippen LogP contribution in [0.4, 0.5) is 0 Å². The summed E-state index contributed by atoms with van der Waals surface area (Å²) in [6.45, 7) is 2.12. The molecule has 100 valence electrons. The van der Waals surface area contributed by atoms with Gasteiger partial charge < -0.3 is 9.84 Å². The second-order valence-corrected chi connectivity index (χ2v) is 5.24. The number of halogens is 1. The van der Waals surface area contributed by atoms with Crippen LogP contribution in [-0.4, -0.2) is 12.2 Å². The Hall–Kier alpha value is -1.32.